The van der Waals surface area contributed by atoms with Crippen molar-refractivity contribution in [2.75, 3.05) is 10.6 Å². The van der Waals surface area contributed by atoms with Gasteiger partial charge in [-0.15, -0.1) is 0 Å². The highest BCUT2D eigenvalue weighted by molar-refractivity contribution is 6.05. The molecule has 3 heterocycles. The Bertz CT molecular complexity index is 1210. The fraction of sp³-hybridized carbons (Fsp3) is 0.158. The largest absolute Gasteiger partial charge is 0.397 e. The van der Waals surface area contributed by atoms with E-state index in [0.717, 1.165) is 11.3 Å². The van der Waals surface area contributed by atoms with Gasteiger partial charge in [0.25, 0.3) is 0 Å². The van der Waals surface area contributed by atoms with Crippen molar-refractivity contribution in [1.82, 2.24) is 24.7 Å². The molecule has 4 aromatic rings. The quantitative estimate of drug-likeness (QED) is 0.458. The number of rotatable bonds is 5. The van der Waals surface area contributed by atoms with Crippen LogP contribution in [0.25, 0.3) is 22.2 Å². The first kappa shape index (κ1) is 19.4. The van der Waals surface area contributed by atoms with Crippen molar-refractivity contribution in [3.63, 3.8) is 0 Å². The number of carbonyl (C=O) groups excluding carboxylic acids is 1. The monoisotopic (exact) mass is 415 g/mol. The number of amides is 1. The lowest BCUT2D eigenvalue weighted by Gasteiger charge is -2.11. The van der Waals surface area contributed by atoms with Crippen LogP contribution in [0.1, 0.15) is 6.42 Å². The van der Waals surface area contributed by atoms with Gasteiger partial charge >= 0.3 is 6.18 Å². The van der Waals surface area contributed by atoms with Gasteiger partial charge < -0.3 is 15.6 Å². The van der Waals surface area contributed by atoms with E-state index in [0.29, 0.717) is 22.5 Å². The van der Waals surface area contributed by atoms with Crippen molar-refractivity contribution in [2.45, 2.75) is 12.6 Å². The number of benzene rings is 1. The van der Waals surface area contributed by atoms with Crippen molar-refractivity contribution < 1.29 is 18.0 Å². The summed E-state index contributed by atoms with van der Waals surface area (Å²) in [5.74, 6) is -0.761. The summed E-state index contributed by atoms with van der Waals surface area (Å²) < 4.78 is 39.0. The number of aromatic amines is 1. The predicted octanol–water partition coefficient (Wildman–Crippen LogP) is 3.99. The van der Waals surface area contributed by atoms with E-state index in [1.807, 2.05) is 0 Å². The van der Waals surface area contributed by atoms with Crippen LogP contribution in [-0.4, -0.2) is 36.8 Å². The lowest BCUT2D eigenvalue weighted by Crippen LogP contribution is -2.21. The van der Waals surface area contributed by atoms with Gasteiger partial charge in [0.05, 0.1) is 28.8 Å². The molecule has 0 fully saturated rings. The normalized spacial score (nSPS) is 11.6. The van der Waals surface area contributed by atoms with Crippen LogP contribution in [-0.2, 0) is 11.8 Å². The standard InChI is InChI=1S/C19H16F3N7O/c1-29-10-11(9-25-29)26-18-24-7-5-14(28-18)12-2-3-15(17-13(12)4-6-23-17)27-16(30)8-19(20,21)22/h2-7,9-10,23H,8H2,1H3,(H,27,30)(H,24,26,28). The summed E-state index contributed by atoms with van der Waals surface area (Å²) in [6.07, 6.45) is 0.531. The third kappa shape index (κ3) is 4.24. The first-order chi connectivity index (χ1) is 14.3. The minimum Gasteiger partial charge on any atom is -0.359 e. The van der Waals surface area contributed by atoms with Gasteiger partial charge in [-0.1, -0.05) is 0 Å². The van der Waals surface area contributed by atoms with Crippen LogP contribution in [0.15, 0.2) is 49.1 Å². The molecule has 1 aromatic carbocycles. The average Bonchev–Trinajstić information content (AvgIpc) is 3.30. The molecule has 0 atom stereocenters. The molecule has 0 saturated heterocycles. The van der Waals surface area contributed by atoms with E-state index in [-0.39, 0.29) is 5.69 Å². The topological polar surface area (TPSA) is 101 Å². The second-order valence-electron chi connectivity index (χ2n) is 6.56. The van der Waals surface area contributed by atoms with Crippen molar-refractivity contribution in [1.29, 1.82) is 0 Å². The molecule has 4 rings (SSSR count). The Balaban J connectivity index is 1.63. The Morgan fingerprint density at radius 3 is 2.80 bits per heavy atom. The van der Waals surface area contributed by atoms with Crippen LogP contribution in [0.5, 0.6) is 0 Å². The molecule has 0 aliphatic carbocycles. The number of alkyl halides is 3. The predicted molar refractivity (Wildman–Crippen MR) is 105 cm³/mol. The molecule has 0 radical (unpaired) electrons. The van der Waals surface area contributed by atoms with Gasteiger partial charge in [0.2, 0.25) is 11.9 Å². The summed E-state index contributed by atoms with van der Waals surface area (Å²) >= 11 is 0. The smallest absolute Gasteiger partial charge is 0.359 e. The zero-order valence-corrected chi connectivity index (χ0v) is 15.7. The molecule has 0 spiro atoms. The number of carbonyl (C=O) groups is 1. The van der Waals surface area contributed by atoms with Crippen LogP contribution < -0.4 is 10.6 Å². The number of hydrogen-bond donors (Lipinski definition) is 3. The molecular formula is C19H16F3N7O. The summed E-state index contributed by atoms with van der Waals surface area (Å²) in [7, 11) is 1.79. The van der Waals surface area contributed by atoms with Crippen LogP contribution >= 0.6 is 0 Å². The molecule has 0 aliphatic rings. The average molecular weight is 415 g/mol. The molecule has 1 amide bonds. The van der Waals surface area contributed by atoms with Gasteiger partial charge in [0, 0.05) is 36.6 Å². The second-order valence-corrected chi connectivity index (χ2v) is 6.56. The molecule has 154 valence electrons. The number of aromatic nitrogens is 5. The molecule has 0 bridgehead atoms. The third-order valence-corrected chi connectivity index (χ3v) is 4.25. The molecule has 3 aromatic heterocycles. The van der Waals surface area contributed by atoms with Crippen molar-refractivity contribution in [3.05, 3.63) is 49.1 Å². The molecular weight excluding hydrogens is 399 g/mol. The molecule has 11 heteroatoms. The fourth-order valence-electron chi connectivity index (χ4n) is 3.04. The summed E-state index contributed by atoms with van der Waals surface area (Å²) in [5.41, 5.74) is 2.83. The zero-order chi connectivity index (χ0) is 21.3. The van der Waals surface area contributed by atoms with E-state index in [4.69, 9.17) is 0 Å². The Morgan fingerprint density at radius 2 is 2.07 bits per heavy atom. The van der Waals surface area contributed by atoms with Gasteiger partial charge in [0.15, 0.2) is 0 Å². The van der Waals surface area contributed by atoms with Gasteiger partial charge in [-0.05, 0) is 24.3 Å². The first-order valence-corrected chi connectivity index (χ1v) is 8.84. The second kappa shape index (κ2) is 7.50. The minimum atomic E-state index is -4.57. The summed E-state index contributed by atoms with van der Waals surface area (Å²) in [6, 6.07) is 6.72. The first-order valence-electron chi connectivity index (χ1n) is 8.84. The Labute approximate surface area is 168 Å². The molecule has 0 saturated carbocycles. The number of hydrogen-bond acceptors (Lipinski definition) is 5. The third-order valence-electron chi connectivity index (χ3n) is 4.25. The maximum atomic E-state index is 12.4. The van der Waals surface area contributed by atoms with Crippen LogP contribution in [0.4, 0.5) is 30.5 Å². The SMILES string of the molecule is Cn1cc(Nc2nccc(-c3ccc(NC(=O)CC(F)(F)F)c4[nH]ccc34)n2)cn1. The van der Waals surface area contributed by atoms with Crippen LogP contribution in [0.2, 0.25) is 0 Å². The zero-order valence-electron chi connectivity index (χ0n) is 15.7. The van der Waals surface area contributed by atoms with Crippen molar-refractivity contribution >= 4 is 34.1 Å². The molecule has 3 N–H and O–H groups in total. The van der Waals surface area contributed by atoms with E-state index in [2.05, 4.69) is 30.7 Å². The summed E-state index contributed by atoms with van der Waals surface area (Å²) in [5, 5.41) is 10.1. The molecule has 30 heavy (non-hydrogen) atoms. The van der Waals surface area contributed by atoms with Crippen LogP contribution in [0, 0.1) is 0 Å². The lowest BCUT2D eigenvalue weighted by atomic mass is 10.1. The highest BCUT2D eigenvalue weighted by atomic mass is 19.4. The summed E-state index contributed by atoms with van der Waals surface area (Å²) in [4.78, 5) is 23.4. The van der Waals surface area contributed by atoms with E-state index >= 15 is 0 Å². The highest BCUT2D eigenvalue weighted by Gasteiger charge is 2.31. The summed E-state index contributed by atoms with van der Waals surface area (Å²) in [6.45, 7) is 0. The Kier molecular flexibility index (Phi) is 4.86. The van der Waals surface area contributed by atoms with Crippen molar-refractivity contribution in [2.24, 2.45) is 7.05 Å². The molecule has 0 aliphatic heterocycles. The number of nitrogens with zero attached hydrogens (tertiary/aromatic N) is 4. The van der Waals surface area contributed by atoms with E-state index < -0.39 is 18.5 Å². The van der Waals surface area contributed by atoms with E-state index in [1.165, 1.54) is 0 Å². The van der Waals surface area contributed by atoms with E-state index in [1.54, 1.807) is 60.8 Å². The maximum absolute atomic E-state index is 12.4. The molecule has 0 unspecified atom stereocenters. The van der Waals surface area contributed by atoms with Gasteiger partial charge in [-0.2, -0.15) is 18.3 Å². The minimum absolute atomic E-state index is 0.260. The molecule has 8 nitrogen and oxygen atoms in total. The number of fused-ring (bicyclic) bond motifs is 1. The number of H-pyrrole nitrogens is 1. The van der Waals surface area contributed by atoms with Gasteiger partial charge in [0.1, 0.15) is 6.42 Å². The highest BCUT2D eigenvalue weighted by Crippen LogP contribution is 2.32. The maximum Gasteiger partial charge on any atom is 0.397 e. The van der Waals surface area contributed by atoms with Gasteiger partial charge in [-0.25, -0.2) is 9.97 Å². The number of anilines is 3. The van der Waals surface area contributed by atoms with Gasteiger partial charge in [-0.3, -0.25) is 9.48 Å². The fourth-order valence-corrected chi connectivity index (χ4v) is 3.04. The lowest BCUT2D eigenvalue weighted by molar-refractivity contribution is -0.150. The number of nitrogens with one attached hydrogen (secondary N) is 3. The Hall–Kier alpha value is -3.89. The number of aryl methyl sites for hydroxylation is 1. The van der Waals surface area contributed by atoms with Crippen LogP contribution in [0.3, 0.4) is 0 Å². The van der Waals surface area contributed by atoms with Crippen molar-refractivity contribution in [3.8, 4) is 11.3 Å². The van der Waals surface area contributed by atoms with E-state index in [9.17, 15) is 18.0 Å². The Morgan fingerprint density at radius 1 is 1.23 bits per heavy atom. The number of halogens is 3.